The van der Waals surface area contributed by atoms with Crippen molar-refractivity contribution in [3.8, 4) is 0 Å². The minimum atomic E-state index is -1.00. The van der Waals surface area contributed by atoms with Gasteiger partial charge in [-0.3, -0.25) is 9.59 Å². The van der Waals surface area contributed by atoms with E-state index in [1.54, 1.807) is 32.2 Å². The van der Waals surface area contributed by atoms with Crippen molar-refractivity contribution in [1.29, 1.82) is 0 Å². The van der Waals surface area contributed by atoms with Crippen LogP contribution in [-0.4, -0.2) is 22.0 Å². The molecule has 104 valence electrons. The van der Waals surface area contributed by atoms with Gasteiger partial charge in [0.1, 0.15) is 4.60 Å². The number of carbonyl (C=O) groups is 2. The highest BCUT2D eigenvalue weighted by Crippen LogP contribution is 2.31. The number of carboxylic acids is 1. The van der Waals surface area contributed by atoms with Gasteiger partial charge in [0.25, 0.3) is 0 Å². The molecule has 1 amide bonds. The highest BCUT2D eigenvalue weighted by molar-refractivity contribution is 9.10. The number of nitrogens with one attached hydrogen (secondary N) is 1. The van der Waals surface area contributed by atoms with E-state index in [1.165, 1.54) is 0 Å². The molecule has 0 saturated heterocycles. The Morgan fingerprint density at radius 3 is 2.53 bits per heavy atom. The maximum absolute atomic E-state index is 12.0. The van der Waals surface area contributed by atoms with E-state index < -0.39 is 11.4 Å². The van der Waals surface area contributed by atoms with Crippen LogP contribution in [0.4, 0.5) is 5.69 Å². The molecule has 0 aliphatic rings. The van der Waals surface area contributed by atoms with E-state index in [0.29, 0.717) is 23.1 Å². The third-order valence-corrected chi connectivity index (χ3v) is 3.97. The summed E-state index contributed by atoms with van der Waals surface area (Å²) in [5, 5.41) is 12.0. The Bertz CT molecular complexity index is 473. The number of aliphatic carboxylic acids is 1. The molecule has 0 aromatic carbocycles. The van der Waals surface area contributed by atoms with E-state index in [1.807, 2.05) is 0 Å². The summed E-state index contributed by atoms with van der Waals surface area (Å²) in [6.45, 7) is 3.57. The molecule has 0 spiro atoms. The number of rotatable bonds is 6. The monoisotopic (exact) mass is 328 g/mol. The van der Waals surface area contributed by atoms with Crippen molar-refractivity contribution in [2.75, 3.05) is 5.32 Å². The average molecular weight is 329 g/mol. The lowest BCUT2D eigenvalue weighted by Crippen LogP contribution is -2.34. The Hall–Kier alpha value is -1.43. The summed E-state index contributed by atoms with van der Waals surface area (Å²) in [6, 6.07) is 3.40. The number of anilines is 1. The van der Waals surface area contributed by atoms with Crippen LogP contribution in [0.3, 0.4) is 0 Å². The molecule has 0 aliphatic carbocycles. The number of hydrogen-bond donors (Lipinski definition) is 2. The number of nitrogens with zero attached hydrogens (tertiary/aromatic N) is 1. The predicted molar refractivity (Wildman–Crippen MR) is 75.8 cm³/mol. The van der Waals surface area contributed by atoms with Gasteiger partial charge in [0.2, 0.25) is 5.91 Å². The van der Waals surface area contributed by atoms with Crippen LogP contribution >= 0.6 is 15.9 Å². The Labute approximate surface area is 120 Å². The third kappa shape index (κ3) is 3.76. The summed E-state index contributed by atoms with van der Waals surface area (Å²) in [4.78, 5) is 27.3. The molecular weight excluding hydrogens is 312 g/mol. The van der Waals surface area contributed by atoms with Crippen LogP contribution in [-0.2, 0) is 9.59 Å². The zero-order valence-corrected chi connectivity index (χ0v) is 12.5. The molecule has 0 atom stereocenters. The topological polar surface area (TPSA) is 79.3 Å². The van der Waals surface area contributed by atoms with Gasteiger partial charge in [-0.1, -0.05) is 13.8 Å². The van der Waals surface area contributed by atoms with E-state index in [-0.39, 0.29) is 12.3 Å². The van der Waals surface area contributed by atoms with Crippen molar-refractivity contribution in [2.24, 2.45) is 5.41 Å². The Morgan fingerprint density at radius 2 is 2.05 bits per heavy atom. The summed E-state index contributed by atoms with van der Waals surface area (Å²) in [5.41, 5.74) is -0.460. The molecule has 1 heterocycles. The Balaban J connectivity index is 2.80. The van der Waals surface area contributed by atoms with Crippen LogP contribution in [0.5, 0.6) is 0 Å². The first-order chi connectivity index (χ1) is 8.95. The molecule has 6 heteroatoms. The molecular formula is C13H17BrN2O3. The molecule has 0 bridgehead atoms. The summed E-state index contributed by atoms with van der Waals surface area (Å²) in [6.07, 6.45) is 2.39. The van der Waals surface area contributed by atoms with Crippen LogP contribution in [0.1, 0.15) is 33.1 Å². The average Bonchev–Trinajstić information content (AvgIpc) is 2.38. The van der Waals surface area contributed by atoms with Gasteiger partial charge in [-0.2, -0.15) is 0 Å². The first-order valence-electron chi connectivity index (χ1n) is 6.09. The highest BCUT2D eigenvalue weighted by Gasteiger charge is 2.37. The highest BCUT2D eigenvalue weighted by atomic mass is 79.9. The SMILES string of the molecule is CCC(CC)(CC(=O)Nc1cccnc1Br)C(=O)O. The molecule has 1 rings (SSSR count). The van der Waals surface area contributed by atoms with Crippen LogP contribution in [0, 0.1) is 5.41 Å². The van der Waals surface area contributed by atoms with Gasteiger partial charge >= 0.3 is 5.97 Å². The number of hydrogen-bond acceptors (Lipinski definition) is 3. The number of amides is 1. The minimum Gasteiger partial charge on any atom is -0.481 e. The molecule has 0 radical (unpaired) electrons. The standard InChI is InChI=1S/C13H17BrN2O3/c1-3-13(4-2,12(18)19)8-10(17)16-9-6-5-7-15-11(9)14/h5-7H,3-4,8H2,1-2H3,(H,16,17)(H,18,19). The second kappa shape index (κ2) is 6.65. The first kappa shape index (κ1) is 15.6. The zero-order valence-electron chi connectivity index (χ0n) is 10.9. The van der Waals surface area contributed by atoms with Crippen molar-refractivity contribution in [1.82, 2.24) is 4.98 Å². The van der Waals surface area contributed by atoms with E-state index in [0.717, 1.165) is 0 Å². The number of aromatic nitrogens is 1. The second-order valence-corrected chi connectivity index (χ2v) is 5.11. The summed E-state index contributed by atoms with van der Waals surface area (Å²) in [7, 11) is 0. The fraction of sp³-hybridized carbons (Fsp3) is 0.462. The smallest absolute Gasteiger partial charge is 0.310 e. The molecule has 0 aliphatic heterocycles. The van der Waals surface area contributed by atoms with Gasteiger partial charge in [-0.25, -0.2) is 4.98 Å². The Morgan fingerprint density at radius 1 is 1.42 bits per heavy atom. The lowest BCUT2D eigenvalue weighted by molar-refractivity contribution is -0.151. The van der Waals surface area contributed by atoms with E-state index >= 15 is 0 Å². The number of halogens is 1. The van der Waals surface area contributed by atoms with Crippen LogP contribution in [0.25, 0.3) is 0 Å². The van der Waals surface area contributed by atoms with E-state index in [4.69, 9.17) is 0 Å². The quantitative estimate of drug-likeness (QED) is 0.786. The molecule has 2 N–H and O–H groups in total. The second-order valence-electron chi connectivity index (χ2n) is 4.36. The number of pyridine rings is 1. The van der Waals surface area contributed by atoms with Gasteiger partial charge in [0.05, 0.1) is 11.1 Å². The first-order valence-corrected chi connectivity index (χ1v) is 6.88. The van der Waals surface area contributed by atoms with Gasteiger partial charge in [-0.05, 0) is 40.9 Å². The number of carbonyl (C=O) groups excluding carboxylic acids is 1. The maximum Gasteiger partial charge on any atom is 0.310 e. The maximum atomic E-state index is 12.0. The van der Waals surface area contributed by atoms with Crippen LogP contribution in [0.2, 0.25) is 0 Å². The lowest BCUT2D eigenvalue weighted by Gasteiger charge is -2.25. The zero-order chi connectivity index (χ0) is 14.5. The largest absolute Gasteiger partial charge is 0.481 e. The van der Waals surface area contributed by atoms with Crippen molar-refractivity contribution in [3.63, 3.8) is 0 Å². The fourth-order valence-electron chi connectivity index (χ4n) is 1.86. The van der Waals surface area contributed by atoms with Gasteiger partial charge < -0.3 is 10.4 Å². The molecule has 1 aromatic heterocycles. The van der Waals surface area contributed by atoms with Crippen molar-refractivity contribution < 1.29 is 14.7 Å². The fourth-order valence-corrected chi connectivity index (χ4v) is 2.21. The van der Waals surface area contributed by atoms with Gasteiger partial charge in [0, 0.05) is 12.6 Å². The van der Waals surface area contributed by atoms with Crippen molar-refractivity contribution >= 4 is 33.5 Å². The number of carboxylic acid groups (broad SMARTS) is 1. The summed E-state index contributed by atoms with van der Waals surface area (Å²) < 4.78 is 0.525. The molecule has 19 heavy (non-hydrogen) atoms. The molecule has 1 aromatic rings. The molecule has 0 fully saturated rings. The van der Waals surface area contributed by atoms with E-state index in [9.17, 15) is 14.7 Å². The molecule has 0 unspecified atom stereocenters. The third-order valence-electron chi connectivity index (χ3n) is 3.34. The van der Waals surface area contributed by atoms with Crippen LogP contribution < -0.4 is 5.32 Å². The molecule has 0 saturated carbocycles. The minimum absolute atomic E-state index is 0.0450. The Kier molecular flexibility index (Phi) is 5.47. The van der Waals surface area contributed by atoms with Gasteiger partial charge in [0.15, 0.2) is 0 Å². The van der Waals surface area contributed by atoms with Gasteiger partial charge in [-0.15, -0.1) is 0 Å². The predicted octanol–water partition coefficient (Wildman–Crippen LogP) is 3.06. The lowest BCUT2D eigenvalue weighted by atomic mass is 9.79. The normalized spacial score (nSPS) is 11.1. The van der Waals surface area contributed by atoms with Crippen molar-refractivity contribution in [3.05, 3.63) is 22.9 Å². The summed E-state index contributed by atoms with van der Waals surface area (Å²) >= 11 is 3.23. The van der Waals surface area contributed by atoms with E-state index in [2.05, 4.69) is 26.2 Å². The summed E-state index contributed by atoms with van der Waals surface area (Å²) in [5.74, 6) is -1.25. The van der Waals surface area contributed by atoms with Crippen molar-refractivity contribution in [2.45, 2.75) is 33.1 Å². The van der Waals surface area contributed by atoms with Crippen LogP contribution in [0.15, 0.2) is 22.9 Å². The molecule has 5 nitrogen and oxygen atoms in total.